The van der Waals surface area contributed by atoms with Gasteiger partial charge in [-0.25, -0.2) is 0 Å². The van der Waals surface area contributed by atoms with Gasteiger partial charge in [0.1, 0.15) is 5.84 Å². The number of nitrogens with one attached hydrogen (secondary N) is 1. The summed E-state index contributed by atoms with van der Waals surface area (Å²) in [6.45, 7) is 6.14. The van der Waals surface area contributed by atoms with E-state index >= 15 is 0 Å². The molecule has 1 N–H and O–H groups in total. The van der Waals surface area contributed by atoms with E-state index in [9.17, 15) is 4.79 Å². The topological polar surface area (TPSA) is 59.8 Å². The van der Waals surface area contributed by atoms with Crippen molar-refractivity contribution in [3.05, 3.63) is 76.7 Å². The van der Waals surface area contributed by atoms with Crippen molar-refractivity contribution in [2.75, 3.05) is 18.0 Å². The van der Waals surface area contributed by atoms with E-state index in [-0.39, 0.29) is 11.7 Å². The highest BCUT2D eigenvalue weighted by Crippen LogP contribution is 2.37. The quantitative estimate of drug-likeness (QED) is 0.727. The molecule has 5 nitrogen and oxygen atoms in total. The van der Waals surface area contributed by atoms with Crippen molar-refractivity contribution in [2.24, 2.45) is 4.99 Å². The zero-order valence-electron chi connectivity index (χ0n) is 16.4. The number of rotatable bonds is 5. The predicted molar refractivity (Wildman–Crippen MR) is 122 cm³/mol. The second kappa shape index (κ2) is 8.09. The van der Waals surface area contributed by atoms with Crippen molar-refractivity contribution in [2.45, 2.75) is 13.8 Å². The molecule has 2 aliphatic rings. The van der Waals surface area contributed by atoms with Crippen LogP contribution in [0.1, 0.15) is 25.0 Å². The Labute approximate surface area is 174 Å². The lowest BCUT2D eigenvalue weighted by molar-refractivity contribution is -0.114. The van der Waals surface area contributed by atoms with Crippen molar-refractivity contribution in [1.82, 2.24) is 4.90 Å². The Kier molecular flexibility index (Phi) is 5.36. The SMILES string of the molecule is CCN(CC)c1ccc(/C=C2/C(=N)N3C(c4ccccc4)=CSC3=NC2=O)cc1. The maximum absolute atomic E-state index is 12.6. The summed E-state index contributed by atoms with van der Waals surface area (Å²) >= 11 is 1.37. The summed E-state index contributed by atoms with van der Waals surface area (Å²) < 4.78 is 0. The van der Waals surface area contributed by atoms with Gasteiger partial charge in [0.05, 0.1) is 11.3 Å². The zero-order valence-corrected chi connectivity index (χ0v) is 17.2. The van der Waals surface area contributed by atoms with Crippen LogP contribution in [-0.4, -0.2) is 34.9 Å². The monoisotopic (exact) mass is 402 g/mol. The summed E-state index contributed by atoms with van der Waals surface area (Å²) in [6.07, 6.45) is 1.75. The van der Waals surface area contributed by atoms with Gasteiger partial charge >= 0.3 is 0 Å². The molecular weight excluding hydrogens is 380 g/mol. The van der Waals surface area contributed by atoms with Gasteiger partial charge in [0.2, 0.25) is 0 Å². The minimum absolute atomic E-state index is 0.160. The second-order valence-corrected chi connectivity index (χ2v) is 7.53. The van der Waals surface area contributed by atoms with Crippen LogP contribution in [0.25, 0.3) is 11.8 Å². The Balaban J connectivity index is 1.65. The molecule has 0 spiro atoms. The lowest BCUT2D eigenvalue weighted by Crippen LogP contribution is -2.38. The van der Waals surface area contributed by atoms with Crippen LogP contribution in [-0.2, 0) is 4.79 Å². The van der Waals surface area contributed by atoms with E-state index in [2.05, 4.69) is 23.7 Å². The summed E-state index contributed by atoms with van der Waals surface area (Å²) in [6, 6.07) is 17.9. The first-order valence-electron chi connectivity index (χ1n) is 9.63. The molecule has 1 amide bonds. The maximum atomic E-state index is 12.6. The molecule has 2 aromatic rings. The fraction of sp³-hybridized carbons (Fsp3) is 0.174. The van der Waals surface area contributed by atoms with Crippen LogP contribution in [0.3, 0.4) is 0 Å². The Hall–Kier alpha value is -3.12. The molecule has 0 saturated carbocycles. The number of anilines is 1. The number of amidine groups is 2. The van der Waals surface area contributed by atoms with Gasteiger partial charge in [-0.2, -0.15) is 4.99 Å². The molecule has 0 atom stereocenters. The van der Waals surface area contributed by atoms with E-state index in [4.69, 9.17) is 5.41 Å². The van der Waals surface area contributed by atoms with Gasteiger partial charge in [0.15, 0.2) is 5.17 Å². The summed E-state index contributed by atoms with van der Waals surface area (Å²) in [5.74, 6) is -0.211. The van der Waals surface area contributed by atoms with Gasteiger partial charge in [-0.05, 0) is 43.2 Å². The standard InChI is InChI=1S/C23H22N4OS/c1-3-26(4-2)18-12-10-16(11-13-18)14-19-21(24)27-20(17-8-6-5-7-9-17)15-29-23(27)25-22(19)28/h5-15,24H,3-4H2,1-2H3/b19-14-,24-21?. The normalized spacial score (nSPS) is 17.3. The fourth-order valence-corrected chi connectivity index (χ4v) is 4.34. The third-order valence-electron chi connectivity index (χ3n) is 5.02. The molecule has 4 rings (SSSR count). The van der Waals surface area contributed by atoms with Crippen LogP contribution in [0.5, 0.6) is 0 Å². The first kappa shape index (κ1) is 19.2. The molecule has 0 saturated heterocycles. The minimum atomic E-state index is -0.371. The van der Waals surface area contributed by atoms with E-state index < -0.39 is 0 Å². The van der Waals surface area contributed by atoms with Gasteiger partial charge in [-0.1, -0.05) is 54.2 Å². The molecule has 0 bridgehead atoms. The Bertz CT molecular complexity index is 1030. The van der Waals surface area contributed by atoms with Gasteiger partial charge in [-0.15, -0.1) is 0 Å². The van der Waals surface area contributed by atoms with E-state index in [1.807, 2.05) is 60.0 Å². The number of nitrogens with zero attached hydrogens (tertiary/aromatic N) is 3. The Morgan fingerprint density at radius 1 is 1.07 bits per heavy atom. The largest absolute Gasteiger partial charge is 0.372 e. The van der Waals surface area contributed by atoms with Crippen LogP contribution >= 0.6 is 11.8 Å². The summed E-state index contributed by atoms with van der Waals surface area (Å²) in [4.78, 5) is 20.8. The van der Waals surface area contributed by atoms with Crippen molar-refractivity contribution >= 4 is 46.1 Å². The first-order valence-corrected chi connectivity index (χ1v) is 10.5. The van der Waals surface area contributed by atoms with Crippen LogP contribution in [0.2, 0.25) is 0 Å². The molecule has 2 heterocycles. The number of benzene rings is 2. The second-order valence-electron chi connectivity index (χ2n) is 6.69. The molecule has 2 aromatic carbocycles. The average molecular weight is 403 g/mol. The lowest BCUT2D eigenvalue weighted by Gasteiger charge is -2.27. The van der Waals surface area contributed by atoms with Crippen molar-refractivity contribution < 1.29 is 4.79 Å². The van der Waals surface area contributed by atoms with Gasteiger partial charge in [0, 0.05) is 24.2 Å². The highest BCUT2D eigenvalue weighted by molar-refractivity contribution is 8.17. The highest BCUT2D eigenvalue weighted by Gasteiger charge is 2.36. The van der Waals surface area contributed by atoms with Crippen LogP contribution in [0.4, 0.5) is 5.69 Å². The molecule has 0 radical (unpaired) electrons. The lowest BCUT2D eigenvalue weighted by atomic mass is 10.1. The van der Waals surface area contributed by atoms with Gasteiger partial charge in [0.25, 0.3) is 5.91 Å². The van der Waals surface area contributed by atoms with E-state index in [1.165, 1.54) is 11.8 Å². The molecular formula is C23H22N4OS. The summed E-state index contributed by atoms with van der Waals surface area (Å²) in [7, 11) is 0. The number of aliphatic imine (C=N–C) groups is 1. The number of hydrogen-bond acceptors (Lipinski definition) is 4. The van der Waals surface area contributed by atoms with Crippen molar-refractivity contribution in [3.8, 4) is 0 Å². The number of amides is 1. The van der Waals surface area contributed by atoms with Crippen LogP contribution < -0.4 is 4.90 Å². The van der Waals surface area contributed by atoms with Crippen LogP contribution in [0, 0.1) is 5.41 Å². The molecule has 0 fully saturated rings. The molecule has 2 aliphatic heterocycles. The van der Waals surface area contributed by atoms with E-state index in [0.29, 0.717) is 10.7 Å². The average Bonchev–Trinajstić information content (AvgIpc) is 3.17. The number of hydrogen-bond donors (Lipinski definition) is 1. The summed E-state index contributed by atoms with van der Waals surface area (Å²) in [5, 5.41) is 11.2. The third kappa shape index (κ3) is 3.63. The molecule has 0 unspecified atom stereocenters. The third-order valence-corrected chi connectivity index (χ3v) is 5.84. The fourth-order valence-electron chi connectivity index (χ4n) is 3.45. The van der Waals surface area contributed by atoms with E-state index in [1.54, 1.807) is 11.0 Å². The molecule has 29 heavy (non-hydrogen) atoms. The number of fused-ring (bicyclic) bond motifs is 1. The Morgan fingerprint density at radius 2 is 1.76 bits per heavy atom. The molecule has 0 aromatic heterocycles. The first-order chi connectivity index (χ1) is 14.1. The molecule has 0 aliphatic carbocycles. The number of carbonyl (C=O) groups excluding carboxylic acids is 1. The van der Waals surface area contributed by atoms with E-state index in [0.717, 1.165) is 35.6 Å². The predicted octanol–water partition coefficient (Wildman–Crippen LogP) is 4.84. The van der Waals surface area contributed by atoms with Crippen LogP contribution in [0.15, 0.2) is 70.6 Å². The van der Waals surface area contributed by atoms with Crippen molar-refractivity contribution in [3.63, 3.8) is 0 Å². The van der Waals surface area contributed by atoms with Crippen molar-refractivity contribution in [1.29, 1.82) is 5.41 Å². The maximum Gasteiger partial charge on any atom is 0.283 e. The highest BCUT2D eigenvalue weighted by atomic mass is 32.2. The number of carbonyl (C=O) groups is 1. The van der Waals surface area contributed by atoms with Gasteiger partial charge < -0.3 is 4.90 Å². The summed E-state index contributed by atoms with van der Waals surface area (Å²) in [5.41, 5.74) is 4.19. The minimum Gasteiger partial charge on any atom is -0.372 e. The molecule has 146 valence electrons. The van der Waals surface area contributed by atoms with Gasteiger partial charge in [-0.3, -0.25) is 15.1 Å². The molecule has 6 heteroatoms. The zero-order chi connectivity index (χ0) is 20.4. The smallest absolute Gasteiger partial charge is 0.283 e. The number of thioether (sulfide) groups is 1. The Morgan fingerprint density at radius 3 is 2.41 bits per heavy atom.